The first-order valence-corrected chi connectivity index (χ1v) is 6.74. The van der Waals surface area contributed by atoms with E-state index < -0.39 is 5.91 Å². The molecule has 0 aliphatic heterocycles. The third-order valence-electron chi connectivity index (χ3n) is 2.81. The van der Waals surface area contributed by atoms with Crippen molar-refractivity contribution in [1.82, 2.24) is 15.0 Å². The first kappa shape index (κ1) is 13.7. The molecule has 0 aliphatic carbocycles. The zero-order valence-corrected chi connectivity index (χ0v) is 12.1. The van der Waals surface area contributed by atoms with Gasteiger partial charge in [0.15, 0.2) is 11.0 Å². The van der Waals surface area contributed by atoms with Crippen LogP contribution in [0.1, 0.15) is 10.5 Å². The largest absolute Gasteiger partial charge is 0.304 e. The van der Waals surface area contributed by atoms with E-state index in [4.69, 9.17) is 23.2 Å². The van der Waals surface area contributed by atoms with Gasteiger partial charge in [0.05, 0.1) is 5.52 Å². The van der Waals surface area contributed by atoms with Gasteiger partial charge in [0.1, 0.15) is 17.0 Å². The molecule has 1 amide bonds. The molecule has 0 aliphatic rings. The number of rotatable bonds is 2. The molecular formula is C14H8Cl2N4O. The van der Waals surface area contributed by atoms with Crippen LogP contribution in [0.25, 0.3) is 10.9 Å². The van der Waals surface area contributed by atoms with Crippen LogP contribution >= 0.6 is 23.2 Å². The van der Waals surface area contributed by atoms with Crippen molar-refractivity contribution >= 4 is 45.8 Å². The Morgan fingerprint density at radius 2 is 1.86 bits per heavy atom. The number of halogens is 2. The first-order valence-electron chi connectivity index (χ1n) is 5.98. The SMILES string of the molecule is O=C(Nc1ncnc(Cl)c1Cl)c1ccc2ccccc2n1. The molecule has 0 unspecified atom stereocenters. The fourth-order valence-electron chi connectivity index (χ4n) is 1.80. The Hall–Kier alpha value is -2.24. The second-order valence-corrected chi connectivity index (χ2v) is 4.91. The number of anilines is 1. The molecule has 3 aromatic rings. The molecule has 0 radical (unpaired) electrons. The van der Waals surface area contributed by atoms with Gasteiger partial charge in [-0.2, -0.15) is 0 Å². The Morgan fingerprint density at radius 1 is 1.05 bits per heavy atom. The molecule has 2 aromatic heterocycles. The summed E-state index contributed by atoms with van der Waals surface area (Å²) in [6.07, 6.45) is 1.22. The van der Waals surface area contributed by atoms with Gasteiger partial charge < -0.3 is 5.32 Å². The maximum atomic E-state index is 12.2. The second-order valence-electron chi connectivity index (χ2n) is 4.17. The average Bonchev–Trinajstić information content (AvgIpc) is 2.51. The van der Waals surface area contributed by atoms with Gasteiger partial charge in [0.2, 0.25) is 0 Å². The molecule has 0 spiro atoms. The van der Waals surface area contributed by atoms with Crippen LogP contribution in [0.5, 0.6) is 0 Å². The number of fused-ring (bicyclic) bond motifs is 1. The molecule has 104 valence electrons. The highest BCUT2D eigenvalue weighted by Gasteiger charge is 2.13. The van der Waals surface area contributed by atoms with Gasteiger partial charge in [0.25, 0.3) is 5.91 Å². The Kier molecular flexibility index (Phi) is 3.68. The number of nitrogens with one attached hydrogen (secondary N) is 1. The van der Waals surface area contributed by atoms with E-state index in [2.05, 4.69) is 20.3 Å². The molecule has 21 heavy (non-hydrogen) atoms. The lowest BCUT2D eigenvalue weighted by molar-refractivity contribution is 0.102. The van der Waals surface area contributed by atoms with Gasteiger partial charge in [-0.25, -0.2) is 15.0 Å². The molecule has 5 nitrogen and oxygen atoms in total. The molecule has 0 fully saturated rings. The summed E-state index contributed by atoms with van der Waals surface area (Å²) in [6.45, 7) is 0. The number of para-hydroxylation sites is 1. The third kappa shape index (κ3) is 2.79. The van der Waals surface area contributed by atoms with Crippen LogP contribution in [0.4, 0.5) is 5.82 Å². The molecule has 0 saturated heterocycles. The van der Waals surface area contributed by atoms with E-state index in [1.807, 2.05) is 30.3 Å². The lowest BCUT2D eigenvalue weighted by Gasteiger charge is -2.06. The van der Waals surface area contributed by atoms with Crippen LogP contribution in [0.3, 0.4) is 0 Å². The molecule has 1 N–H and O–H groups in total. The van der Waals surface area contributed by atoms with E-state index in [0.717, 1.165) is 10.9 Å². The summed E-state index contributed by atoms with van der Waals surface area (Å²) < 4.78 is 0. The predicted octanol–water partition coefficient (Wildman–Crippen LogP) is 3.58. The summed E-state index contributed by atoms with van der Waals surface area (Å²) in [4.78, 5) is 24.1. The van der Waals surface area contributed by atoms with Crippen LogP contribution in [-0.2, 0) is 0 Å². The number of benzene rings is 1. The van der Waals surface area contributed by atoms with Crippen molar-refractivity contribution in [2.45, 2.75) is 0 Å². The minimum Gasteiger partial charge on any atom is -0.304 e. The second kappa shape index (κ2) is 5.63. The van der Waals surface area contributed by atoms with Gasteiger partial charge >= 0.3 is 0 Å². The van der Waals surface area contributed by atoms with Crippen LogP contribution in [0.2, 0.25) is 10.2 Å². The Bertz CT molecular complexity index is 838. The van der Waals surface area contributed by atoms with Gasteiger partial charge in [-0.3, -0.25) is 4.79 Å². The van der Waals surface area contributed by atoms with Crippen molar-refractivity contribution in [1.29, 1.82) is 0 Å². The predicted molar refractivity (Wildman–Crippen MR) is 81.7 cm³/mol. The number of amides is 1. The smallest absolute Gasteiger partial charge is 0.275 e. The lowest BCUT2D eigenvalue weighted by Crippen LogP contribution is -2.15. The van der Waals surface area contributed by atoms with Gasteiger partial charge in [0, 0.05) is 5.39 Å². The number of nitrogens with zero attached hydrogens (tertiary/aromatic N) is 3. The Morgan fingerprint density at radius 3 is 2.71 bits per heavy atom. The first-order chi connectivity index (χ1) is 10.1. The topological polar surface area (TPSA) is 67.8 Å². The number of pyridine rings is 1. The summed E-state index contributed by atoms with van der Waals surface area (Å²) in [5, 5.41) is 3.69. The number of hydrogen-bond acceptors (Lipinski definition) is 4. The number of aromatic nitrogens is 3. The van der Waals surface area contributed by atoms with Crippen molar-refractivity contribution in [2.24, 2.45) is 0 Å². The van der Waals surface area contributed by atoms with E-state index in [1.165, 1.54) is 6.33 Å². The molecule has 0 atom stereocenters. The highest BCUT2D eigenvalue weighted by atomic mass is 35.5. The summed E-state index contributed by atoms with van der Waals surface area (Å²) in [5.41, 5.74) is 0.997. The monoisotopic (exact) mass is 318 g/mol. The molecule has 0 saturated carbocycles. The van der Waals surface area contributed by atoms with E-state index >= 15 is 0 Å². The van der Waals surface area contributed by atoms with Crippen molar-refractivity contribution in [3.05, 3.63) is 58.6 Å². The molecular weight excluding hydrogens is 311 g/mol. The normalized spacial score (nSPS) is 10.6. The van der Waals surface area contributed by atoms with E-state index in [0.29, 0.717) is 0 Å². The number of hydrogen-bond donors (Lipinski definition) is 1. The number of carbonyl (C=O) groups is 1. The Labute approximate surface area is 130 Å². The van der Waals surface area contributed by atoms with E-state index in [1.54, 1.807) is 6.07 Å². The highest BCUT2D eigenvalue weighted by molar-refractivity contribution is 6.43. The summed E-state index contributed by atoms with van der Waals surface area (Å²) >= 11 is 11.7. The minimum atomic E-state index is -0.419. The fraction of sp³-hybridized carbons (Fsp3) is 0. The molecule has 1 aromatic carbocycles. The van der Waals surface area contributed by atoms with Crippen molar-refractivity contribution in [3.63, 3.8) is 0 Å². The third-order valence-corrected chi connectivity index (χ3v) is 3.55. The number of carbonyl (C=O) groups excluding carboxylic acids is 1. The summed E-state index contributed by atoms with van der Waals surface area (Å²) in [7, 11) is 0. The Balaban J connectivity index is 1.91. The van der Waals surface area contributed by atoms with E-state index in [-0.39, 0.29) is 21.7 Å². The lowest BCUT2D eigenvalue weighted by atomic mass is 10.2. The van der Waals surface area contributed by atoms with Crippen LogP contribution in [0, 0.1) is 0 Å². The van der Waals surface area contributed by atoms with Crippen LogP contribution in [0.15, 0.2) is 42.7 Å². The zero-order chi connectivity index (χ0) is 14.8. The average molecular weight is 319 g/mol. The van der Waals surface area contributed by atoms with Gasteiger partial charge in [-0.1, -0.05) is 47.5 Å². The van der Waals surface area contributed by atoms with Gasteiger partial charge in [-0.05, 0) is 12.1 Å². The van der Waals surface area contributed by atoms with Crippen molar-refractivity contribution in [3.8, 4) is 0 Å². The molecule has 7 heteroatoms. The summed E-state index contributed by atoms with van der Waals surface area (Å²) in [6, 6.07) is 11.0. The maximum Gasteiger partial charge on any atom is 0.275 e. The van der Waals surface area contributed by atoms with E-state index in [9.17, 15) is 4.79 Å². The van der Waals surface area contributed by atoms with Crippen molar-refractivity contribution < 1.29 is 4.79 Å². The standard InChI is InChI=1S/C14H8Cl2N4O/c15-11-12(16)17-7-18-13(11)20-14(21)10-6-5-8-3-1-2-4-9(8)19-10/h1-7H,(H,17,18,20,21). The molecule has 3 rings (SSSR count). The zero-order valence-electron chi connectivity index (χ0n) is 10.5. The van der Waals surface area contributed by atoms with Crippen molar-refractivity contribution in [2.75, 3.05) is 5.32 Å². The van der Waals surface area contributed by atoms with Gasteiger partial charge in [-0.15, -0.1) is 0 Å². The highest BCUT2D eigenvalue weighted by Crippen LogP contribution is 2.25. The maximum absolute atomic E-state index is 12.2. The molecule has 0 bridgehead atoms. The van der Waals surface area contributed by atoms with Crippen LogP contribution < -0.4 is 5.32 Å². The minimum absolute atomic E-state index is 0.0773. The quantitative estimate of drug-likeness (QED) is 0.733. The fourth-order valence-corrected chi connectivity index (χ4v) is 2.08. The molecule has 2 heterocycles. The van der Waals surface area contributed by atoms with Crippen LogP contribution in [-0.4, -0.2) is 20.9 Å². The summed E-state index contributed by atoms with van der Waals surface area (Å²) in [5.74, 6) is -0.269.